The van der Waals surface area contributed by atoms with E-state index in [1.165, 1.54) is 12.8 Å². The molecule has 1 heterocycles. The maximum Gasteiger partial charge on any atom is 0.318 e. The predicted molar refractivity (Wildman–Crippen MR) is 70.2 cm³/mol. The summed E-state index contributed by atoms with van der Waals surface area (Å²) in [6, 6.07) is 0.335. The minimum Gasteiger partial charge on any atom is -0.376 e. The molecule has 1 saturated heterocycles. The molecule has 100 valence electrons. The van der Waals surface area contributed by atoms with E-state index in [0.717, 1.165) is 32.3 Å². The van der Waals surface area contributed by atoms with Crippen LogP contribution in [0.3, 0.4) is 0 Å². The van der Waals surface area contributed by atoms with E-state index in [9.17, 15) is 4.79 Å². The van der Waals surface area contributed by atoms with Crippen molar-refractivity contribution < 1.29 is 9.53 Å². The molecule has 0 aromatic rings. The summed E-state index contributed by atoms with van der Waals surface area (Å²) >= 11 is 0. The second-order valence-electron chi connectivity index (χ2n) is 5.09. The number of urea groups is 1. The molecule has 0 unspecified atom stereocenters. The number of carbonyl (C=O) groups is 1. The Kier molecular flexibility index (Phi) is 4.89. The number of carbonyl (C=O) groups excluding carboxylic acids is 1. The van der Waals surface area contributed by atoms with Gasteiger partial charge in [-0.15, -0.1) is 6.42 Å². The standard InChI is InChI=1S/C14H22N2O2/c1-2-9-15-14(17)16(12-6-3-4-7-12)11-13-8-5-10-18-13/h1,12-13H,3-11H2,(H,15,17)/t13-/m0/s1. The lowest BCUT2D eigenvalue weighted by Crippen LogP contribution is -2.48. The van der Waals surface area contributed by atoms with E-state index in [1.54, 1.807) is 0 Å². The van der Waals surface area contributed by atoms with Gasteiger partial charge >= 0.3 is 6.03 Å². The van der Waals surface area contributed by atoms with Gasteiger partial charge in [0.15, 0.2) is 0 Å². The molecule has 0 spiro atoms. The van der Waals surface area contributed by atoms with Crippen molar-refractivity contribution in [3.63, 3.8) is 0 Å². The van der Waals surface area contributed by atoms with Crippen molar-refractivity contribution in [3.05, 3.63) is 0 Å². The fraction of sp³-hybridized carbons (Fsp3) is 0.786. The number of rotatable bonds is 4. The normalized spacial score (nSPS) is 23.8. The lowest BCUT2D eigenvalue weighted by atomic mass is 10.1. The van der Waals surface area contributed by atoms with Crippen molar-refractivity contribution >= 4 is 6.03 Å². The SMILES string of the molecule is C#CCNC(=O)N(C[C@@H]1CCCO1)C1CCCC1. The highest BCUT2D eigenvalue weighted by Gasteiger charge is 2.29. The Morgan fingerprint density at radius 2 is 2.11 bits per heavy atom. The Labute approximate surface area is 109 Å². The Morgan fingerprint density at radius 3 is 2.72 bits per heavy atom. The highest BCUT2D eigenvalue weighted by molar-refractivity contribution is 5.74. The number of hydrogen-bond acceptors (Lipinski definition) is 2. The van der Waals surface area contributed by atoms with Crippen LogP contribution in [0.15, 0.2) is 0 Å². The van der Waals surface area contributed by atoms with E-state index in [4.69, 9.17) is 11.2 Å². The average Bonchev–Trinajstić information content (AvgIpc) is 3.05. The van der Waals surface area contributed by atoms with Crippen LogP contribution in [0.25, 0.3) is 0 Å². The number of amides is 2. The summed E-state index contributed by atoms with van der Waals surface area (Å²) in [5.74, 6) is 2.45. The van der Waals surface area contributed by atoms with Gasteiger partial charge in [0.2, 0.25) is 0 Å². The van der Waals surface area contributed by atoms with Crippen LogP contribution in [0.4, 0.5) is 4.79 Å². The first-order chi connectivity index (χ1) is 8.81. The number of ether oxygens (including phenoxy) is 1. The van der Waals surface area contributed by atoms with E-state index < -0.39 is 0 Å². The maximum absolute atomic E-state index is 12.1. The molecular weight excluding hydrogens is 228 g/mol. The van der Waals surface area contributed by atoms with Crippen LogP contribution >= 0.6 is 0 Å². The molecule has 2 aliphatic rings. The zero-order chi connectivity index (χ0) is 12.8. The van der Waals surface area contributed by atoms with Crippen LogP contribution < -0.4 is 5.32 Å². The number of terminal acetylenes is 1. The van der Waals surface area contributed by atoms with Crippen molar-refractivity contribution in [3.8, 4) is 12.3 Å². The quantitative estimate of drug-likeness (QED) is 0.772. The summed E-state index contributed by atoms with van der Waals surface area (Å²) in [4.78, 5) is 14.1. The molecule has 0 radical (unpaired) electrons. The van der Waals surface area contributed by atoms with Crippen molar-refractivity contribution in [2.75, 3.05) is 19.7 Å². The number of nitrogens with zero attached hydrogens (tertiary/aromatic N) is 1. The average molecular weight is 250 g/mol. The van der Waals surface area contributed by atoms with Gasteiger partial charge in [0.25, 0.3) is 0 Å². The van der Waals surface area contributed by atoms with E-state index in [0.29, 0.717) is 19.1 Å². The van der Waals surface area contributed by atoms with Crippen molar-refractivity contribution in [1.82, 2.24) is 10.2 Å². The van der Waals surface area contributed by atoms with Gasteiger partial charge in [-0.05, 0) is 25.7 Å². The highest BCUT2D eigenvalue weighted by atomic mass is 16.5. The van der Waals surface area contributed by atoms with Gasteiger partial charge < -0.3 is 15.0 Å². The summed E-state index contributed by atoms with van der Waals surface area (Å²) in [5.41, 5.74) is 0. The smallest absolute Gasteiger partial charge is 0.318 e. The van der Waals surface area contributed by atoms with Crippen LogP contribution in [-0.2, 0) is 4.74 Å². The predicted octanol–water partition coefficient (Wildman–Crippen LogP) is 1.75. The lowest BCUT2D eigenvalue weighted by Gasteiger charge is -2.30. The van der Waals surface area contributed by atoms with E-state index in [2.05, 4.69) is 11.2 Å². The molecule has 0 aromatic heterocycles. The molecule has 18 heavy (non-hydrogen) atoms. The monoisotopic (exact) mass is 250 g/mol. The first kappa shape index (κ1) is 13.2. The summed E-state index contributed by atoms with van der Waals surface area (Å²) in [7, 11) is 0. The lowest BCUT2D eigenvalue weighted by molar-refractivity contribution is 0.0702. The first-order valence-corrected chi connectivity index (χ1v) is 6.91. The van der Waals surface area contributed by atoms with Crippen LogP contribution in [0.2, 0.25) is 0 Å². The van der Waals surface area contributed by atoms with Crippen LogP contribution in [-0.4, -0.2) is 42.8 Å². The van der Waals surface area contributed by atoms with Crippen LogP contribution in [0.5, 0.6) is 0 Å². The topological polar surface area (TPSA) is 41.6 Å². The maximum atomic E-state index is 12.1. The Balaban J connectivity index is 1.92. The summed E-state index contributed by atoms with van der Waals surface area (Å²) < 4.78 is 5.64. The number of hydrogen-bond donors (Lipinski definition) is 1. The van der Waals surface area contributed by atoms with E-state index >= 15 is 0 Å². The molecule has 1 saturated carbocycles. The second-order valence-corrected chi connectivity index (χ2v) is 5.09. The zero-order valence-electron chi connectivity index (χ0n) is 10.9. The minimum absolute atomic E-state index is 0.0321. The largest absolute Gasteiger partial charge is 0.376 e. The minimum atomic E-state index is -0.0321. The molecule has 1 aliphatic heterocycles. The van der Waals surface area contributed by atoms with Crippen LogP contribution in [0, 0.1) is 12.3 Å². The summed E-state index contributed by atoms with van der Waals surface area (Å²) in [5, 5.41) is 2.78. The van der Waals surface area contributed by atoms with Gasteiger partial charge in [0.05, 0.1) is 12.6 Å². The molecule has 0 aromatic carbocycles. The van der Waals surface area contributed by atoms with E-state index in [1.807, 2.05) is 4.90 Å². The molecule has 2 rings (SSSR count). The third-order valence-electron chi connectivity index (χ3n) is 3.79. The van der Waals surface area contributed by atoms with Crippen molar-refractivity contribution in [2.45, 2.75) is 50.7 Å². The molecular formula is C14H22N2O2. The molecule has 1 N–H and O–H groups in total. The fourth-order valence-electron chi connectivity index (χ4n) is 2.85. The van der Waals surface area contributed by atoms with Gasteiger partial charge in [-0.3, -0.25) is 0 Å². The van der Waals surface area contributed by atoms with Gasteiger partial charge in [0, 0.05) is 19.2 Å². The first-order valence-electron chi connectivity index (χ1n) is 6.91. The van der Waals surface area contributed by atoms with Crippen LogP contribution in [0.1, 0.15) is 38.5 Å². The molecule has 1 aliphatic carbocycles. The van der Waals surface area contributed by atoms with E-state index in [-0.39, 0.29) is 12.1 Å². The van der Waals surface area contributed by atoms with Crippen molar-refractivity contribution in [2.24, 2.45) is 0 Å². The molecule has 1 atom stereocenters. The molecule has 4 heteroatoms. The number of nitrogens with one attached hydrogen (secondary N) is 1. The molecule has 0 bridgehead atoms. The molecule has 2 fully saturated rings. The third kappa shape index (κ3) is 3.39. The Morgan fingerprint density at radius 1 is 1.33 bits per heavy atom. The van der Waals surface area contributed by atoms with Gasteiger partial charge in [-0.25, -0.2) is 4.79 Å². The highest BCUT2D eigenvalue weighted by Crippen LogP contribution is 2.25. The van der Waals surface area contributed by atoms with Gasteiger partial charge in [-0.1, -0.05) is 18.8 Å². The third-order valence-corrected chi connectivity index (χ3v) is 3.79. The molecule has 2 amide bonds. The fourth-order valence-corrected chi connectivity index (χ4v) is 2.85. The van der Waals surface area contributed by atoms with Gasteiger partial charge in [-0.2, -0.15) is 0 Å². The molecule has 4 nitrogen and oxygen atoms in total. The summed E-state index contributed by atoms with van der Waals surface area (Å²) in [6.07, 6.45) is 12.2. The Bertz CT molecular complexity index is 312. The second kappa shape index (κ2) is 6.65. The van der Waals surface area contributed by atoms with Crippen molar-refractivity contribution in [1.29, 1.82) is 0 Å². The zero-order valence-corrected chi connectivity index (χ0v) is 10.9. The summed E-state index contributed by atoms with van der Waals surface area (Å²) in [6.45, 7) is 1.84. The Hall–Kier alpha value is -1.21. The van der Waals surface area contributed by atoms with Gasteiger partial charge in [0.1, 0.15) is 0 Å².